The molecule has 4 aromatic carbocycles. The molecule has 0 unspecified atom stereocenters. The van der Waals surface area contributed by atoms with Crippen LogP contribution in [0.15, 0.2) is 94.7 Å². The second-order valence-corrected chi connectivity index (χ2v) is 21.4. The standard InChI is InChI=1S/C22H26ClN5O2S.C21H24ClN5O2S/c1-22(2,3)15-7-10-17(11-8-15)31(29,30)25-18-12-9-16(23)14-20(18)28-19-6-5-13-27(4)21(19)24-26-28;1-21(2,3)14-6-9-16(10-7-14)30(28,29)25-17-11-8-15(22)13-19(17)27-18-5-4-12-23-20(18)24-26-27/h7-12,14,25H,5-6,13H2,1-4H3;6-11,13,23,25H,4-5,12H2,1-3H3. The number of hydrogen-bond donors (Lipinski definition) is 3. The Morgan fingerprint density at radius 2 is 1.08 bits per heavy atom. The van der Waals surface area contributed by atoms with Gasteiger partial charge in [0.25, 0.3) is 20.0 Å². The van der Waals surface area contributed by atoms with E-state index in [9.17, 15) is 16.8 Å². The van der Waals surface area contributed by atoms with E-state index < -0.39 is 20.0 Å². The summed E-state index contributed by atoms with van der Waals surface area (Å²) < 4.78 is 61.1. The molecular formula is C43H50Cl2N10O4S2. The second-order valence-electron chi connectivity index (χ2n) is 17.2. The number of anilines is 4. The fourth-order valence-corrected chi connectivity index (χ4v) is 9.60. The van der Waals surface area contributed by atoms with Crippen LogP contribution in [0.3, 0.4) is 0 Å². The van der Waals surface area contributed by atoms with Gasteiger partial charge in [-0.3, -0.25) is 9.44 Å². The van der Waals surface area contributed by atoms with Gasteiger partial charge in [0.05, 0.1) is 43.9 Å². The molecule has 0 saturated carbocycles. The molecule has 0 radical (unpaired) electrons. The molecule has 2 aromatic heterocycles. The van der Waals surface area contributed by atoms with E-state index in [4.69, 9.17) is 23.2 Å². The highest BCUT2D eigenvalue weighted by atomic mass is 35.5. The molecule has 8 rings (SSSR count). The van der Waals surface area contributed by atoms with Crippen molar-refractivity contribution in [3.8, 4) is 11.4 Å². The van der Waals surface area contributed by atoms with Crippen LogP contribution in [-0.2, 0) is 43.7 Å². The third-order valence-electron chi connectivity index (χ3n) is 10.6. The van der Waals surface area contributed by atoms with E-state index in [1.165, 1.54) is 0 Å². The Balaban J connectivity index is 0.000000184. The summed E-state index contributed by atoms with van der Waals surface area (Å²) in [5.74, 6) is 1.52. The number of benzene rings is 4. The molecule has 18 heteroatoms. The number of halogens is 2. The minimum absolute atomic E-state index is 0.0563. The molecule has 2 aliphatic rings. The van der Waals surface area contributed by atoms with E-state index in [1.54, 1.807) is 70.0 Å². The maximum atomic E-state index is 13.1. The molecule has 0 spiro atoms. The lowest BCUT2D eigenvalue weighted by molar-refractivity contribution is 0.587. The summed E-state index contributed by atoms with van der Waals surface area (Å²) in [5, 5.41) is 21.2. The number of fused-ring (bicyclic) bond motifs is 2. The highest BCUT2D eigenvalue weighted by Crippen LogP contribution is 2.34. The third kappa shape index (κ3) is 9.67. The SMILES string of the molecule is CC(C)(C)c1ccc(S(=O)(=O)Nc2ccc(Cl)cc2-n2nnc3c2CCCN3)cc1.CN1CCCc2c1nnn2-c1cc(Cl)ccc1NS(=O)(=O)c1ccc(C(C)(C)C)cc1. The molecule has 0 bridgehead atoms. The van der Waals surface area contributed by atoms with Crippen LogP contribution < -0.4 is 19.7 Å². The first-order valence-electron chi connectivity index (χ1n) is 19.9. The summed E-state index contributed by atoms with van der Waals surface area (Å²) in [6.07, 6.45) is 3.52. The average molecular weight is 906 g/mol. The van der Waals surface area contributed by atoms with E-state index >= 15 is 0 Å². The summed E-state index contributed by atoms with van der Waals surface area (Å²) in [6.45, 7) is 14.3. The molecule has 0 fully saturated rings. The second kappa shape index (κ2) is 17.0. The lowest BCUT2D eigenvalue weighted by atomic mass is 9.87. The fraction of sp³-hybridized carbons (Fsp3) is 0.349. The Bertz CT molecular complexity index is 2780. The highest BCUT2D eigenvalue weighted by Gasteiger charge is 2.26. The van der Waals surface area contributed by atoms with Crippen LogP contribution in [0, 0.1) is 0 Å². The summed E-state index contributed by atoms with van der Waals surface area (Å²) in [5.41, 5.74) is 5.72. The molecule has 6 aromatic rings. The predicted molar refractivity (Wildman–Crippen MR) is 243 cm³/mol. The van der Waals surface area contributed by atoms with E-state index in [-0.39, 0.29) is 20.6 Å². The minimum atomic E-state index is -3.80. The zero-order valence-electron chi connectivity index (χ0n) is 35.2. The topological polar surface area (TPSA) is 169 Å². The van der Waals surface area contributed by atoms with Crippen molar-refractivity contribution in [3.63, 3.8) is 0 Å². The van der Waals surface area contributed by atoms with E-state index in [1.807, 2.05) is 36.2 Å². The quantitative estimate of drug-likeness (QED) is 0.134. The smallest absolute Gasteiger partial charge is 0.261 e. The van der Waals surface area contributed by atoms with Crippen molar-refractivity contribution in [2.75, 3.05) is 39.8 Å². The van der Waals surface area contributed by atoms with E-state index in [2.05, 4.69) is 76.9 Å². The summed E-state index contributed by atoms with van der Waals surface area (Å²) in [7, 11) is -5.62. The maximum Gasteiger partial charge on any atom is 0.261 e. The Morgan fingerprint density at radius 1 is 0.623 bits per heavy atom. The molecule has 0 atom stereocenters. The molecular weight excluding hydrogens is 856 g/mol. The Morgan fingerprint density at radius 3 is 1.57 bits per heavy atom. The fourth-order valence-electron chi connectivity index (χ4n) is 7.12. The van der Waals surface area contributed by atoms with Crippen LogP contribution in [0.5, 0.6) is 0 Å². The van der Waals surface area contributed by atoms with Gasteiger partial charge in [-0.15, -0.1) is 10.2 Å². The van der Waals surface area contributed by atoms with Gasteiger partial charge in [-0.2, -0.15) is 0 Å². The molecule has 2 aliphatic heterocycles. The van der Waals surface area contributed by atoms with E-state index in [0.717, 1.165) is 67.1 Å². The van der Waals surface area contributed by atoms with Crippen LogP contribution in [-0.4, -0.2) is 67.0 Å². The summed E-state index contributed by atoms with van der Waals surface area (Å²) in [4.78, 5) is 2.44. The van der Waals surface area contributed by atoms with Crippen molar-refractivity contribution < 1.29 is 16.8 Å². The molecule has 0 aliphatic carbocycles. The third-order valence-corrected chi connectivity index (χ3v) is 13.8. The van der Waals surface area contributed by atoms with Gasteiger partial charge in [-0.1, -0.05) is 99.4 Å². The number of hydrogen-bond acceptors (Lipinski definition) is 10. The predicted octanol–water partition coefficient (Wildman–Crippen LogP) is 8.78. The van der Waals surface area contributed by atoms with Gasteiger partial charge in [0.2, 0.25) is 0 Å². The lowest BCUT2D eigenvalue weighted by Crippen LogP contribution is -2.25. The monoisotopic (exact) mass is 904 g/mol. The normalized spacial score (nSPS) is 14.3. The van der Waals surface area contributed by atoms with Crippen molar-refractivity contribution in [1.29, 1.82) is 0 Å². The van der Waals surface area contributed by atoms with Crippen molar-refractivity contribution >= 4 is 66.3 Å². The molecule has 322 valence electrons. The Hall–Kier alpha value is -5.16. The van der Waals surface area contributed by atoms with Gasteiger partial charge in [-0.05, 0) is 108 Å². The number of aromatic nitrogens is 6. The first kappa shape index (κ1) is 43.9. The zero-order valence-corrected chi connectivity index (χ0v) is 38.3. The number of nitrogens with one attached hydrogen (secondary N) is 3. The van der Waals surface area contributed by atoms with Crippen LogP contribution >= 0.6 is 23.2 Å². The van der Waals surface area contributed by atoms with Gasteiger partial charge in [0.15, 0.2) is 11.6 Å². The van der Waals surface area contributed by atoms with Crippen LogP contribution in [0.1, 0.15) is 76.9 Å². The first-order valence-corrected chi connectivity index (χ1v) is 23.6. The van der Waals surface area contributed by atoms with Gasteiger partial charge in [0, 0.05) is 30.2 Å². The number of rotatable bonds is 8. The number of sulfonamides is 2. The summed E-state index contributed by atoms with van der Waals surface area (Å²) in [6, 6.07) is 23.9. The zero-order chi connectivity index (χ0) is 43.9. The van der Waals surface area contributed by atoms with Crippen LogP contribution in [0.2, 0.25) is 10.0 Å². The molecule has 14 nitrogen and oxygen atoms in total. The number of nitrogens with zero attached hydrogens (tertiary/aromatic N) is 7. The van der Waals surface area contributed by atoms with E-state index in [0.29, 0.717) is 38.6 Å². The van der Waals surface area contributed by atoms with Crippen LogP contribution in [0.4, 0.5) is 23.0 Å². The van der Waals surface area contributed by atoms with Crippen molar-refractivity contribution in [3.05, 3.63) is 117 Å². The Labute approximate surface area is 367 Å². The van der Waals surface area contributed by atoms with Crippen LogP contribution in [0.25, 0.3) is 11.4 Å². The Kier molecular flexibility index (Phi) is 12.2. The van der Waals surface area contributed by atoms with Gasteiger partial charge in [0.1, 0.15) is 0 Å². The highest BCUT2D eigenvalue weighted by molar-refractivity contribution is 7.93. The molecule has 3 N–H and O–H groups in total. The van der Waals surface area contributed by atoms with Gasteiger partial charge >= 0.3 is 0 Å². The van der Waals surface area contributed by atoms with Crippen molar-refractivity contribution in [1.82, 2.24) is 30.0 Å². The summed E-state index contributed by atoms with van der Waals surface area (Å²) >= 11 is 12.5. The first-order chi connectivity index (χ1) is 28.7. The lowest BCUT2D eigenvalue weighted by Gasteiger charge is -2.23. The van der Waals surface area contributed by atoms with Crippen molar-refractivity contribution in [2.45, 2.75) is 87.8 Å². The maximum absolute atomic E-state index is 13.1. The largest absolute Gasteiger partial charge is 0.367 e. The average Bonchev–Trinajstić information content (AvgIpc) is 3.85. The molecule has 61 heavy (non-hydrogen) atoms. The minimum Gasteiger partial charge on any atom is -0.367 e. The van der Waals surface area contributed by atoms with Crippen molar-refractivity contribution in [2.24, 2.45) is 0 Å². The molecule has 0 amide bonds. The van der Waals surface area contributed by atoms with Gasteiger partial charge < -0.3 is 10.2 Å². The van der Waals surface area contributed by atoms with Gasteiger partial charge in [-0.25, -0.2) is 26.2 Å². The molecule has 0 saturated heterocycles. The molecule has 4 heterocycles.